The molecule has 5 heteroatoms. The number of nitrogens with one attached hydrogen (secondary N) is 1. The minimum Gasteiger partial charge on any atom is -0.361 e. The zero-order valence-electron chi connectivity index (χ0n) is 8.43. The normalized spacial score (nSPS) is 11.0. The van der Waals surface area contributed by atoms with Gasteiger partial charge in [-0.25, -0.2) is 0 Å². The van der Waals surface area contributed by atoms with E-state index in [1.807, 2.05) is 0 Å². The number of benzene rings is 1. The third-order valence-corrected chi connectivity index (χ3v) is 3.13. The van der Waals surface area contributed by atoms with E-state index in [1.165, 1.54) is 12.3 Å². The van der Waals surface area contributed by atoms with E-state index in [-0.39, 0.29) is 11.5 Å². The van der Waals surface area contributed by atoms with Gasteiger partial charge < -0.3 is 5.32 Å². The molecule has 1 aromatic carbocycles. The maximum absolute atomic E-state index is 11.6. The van der Waals surface area contributed by atoms with E-state index in [0.29, 0.717) is 5.69 Å². The molecule has 82 valence electrons. The first kappa shape index (κ1) is 11.7. The van der Waals surface area contributed by atoms with Crippen LogP contribution in [0.5, 0.6) is 0 Å². The van der Waals surface area contributed by atoms with Gasteiger partial charge in [-0.05, 0) is 25.3 Å². The Morgan fingerprint density at radius 3 is 2.73 bits per heavy atom. The second-order valence-electron chi connectivity index (χ2n) is 2.71. The van der Waals surface area contributed by atoms with E-state index in [9.17, 15) is 8.42 Å². The molecule has 1 N–H and O–H groups in total. The van der Waals surface area contributed by atoms with Crippen LogP contribution < -0.4 is 5.32 Å². The Morgan fingerprint density at radius 2 is 2.13 bits per heavy atom. The Labute approximate surface area is 89.7 Å². The molecule has 0 heterocycles. The lowest BCUT2D eigenvalue weighted by Gasteiger charge is -2.08. The summed E-state index contributed by atoms with van der Waals surface area (Å²) in [5.74, 6) is 0. The van der Waals surface area contributed by atoms with Crippen LogP contribution >= 0.6 is 0 Å². The van der Waals surface area contributed by atoms with Crippen molar-refractivity contribution in [2.75, 3.05) is 11.9 Å². The number of para-hydroxylation sites is 1. The van der Waals surface area contributed by atoms with Crippen LogP contribution in [-0.2, 0) is 14.3 Å². The third-order valence-electron chi connectivity index (χ3n) is 1.69. The second kappa shape index (κ2) is 4.95. The molecule has 0 aliphatic carbocycles. The lowest BCUT2D eigenvalue weighted by atomic mass is 10.3. The zero-order valence-corrected chi connectivity index (χ0v) is 9.25. The molecular weight excluding hydrogens is 214 g/mol. The van der Waals surface area contributed by atoms with Gasteiger partial charge in [-0.1, -0.05) is 18.7 Å². The van der Waals surface area contributed by atoms with Crippen molar-refractivity contribution in [1.29, 1.82) is 0 Å². The van der Waals surface area contributed by atoms with E-state index in [4.69, 9.17) is 4.18 Å². The minimum atomic E-state index is -3.67. The van der Waals surface area contributed by atoms with Crippen LogP contribution in [0.4, 0.5) is 5.69 Å². The van der Waals surface area contributed by atoms with Gasteiger partial charge in [-0.2, -0.15) is 8.42 Å². The summed E-state index contributed by atoms with van der Waals surface area (Å²) in [5, 5.41) is 2.75. The van der Waals surface area contributed by atoms with Crippen LogP contribution in [0.15, 0.2) is 41.9 Å². The first-order valence-corrected chi connectivity index (χ1v) is 5.88. The fourth-order valence-corrected chi connectivity index (χ4v) is 2.21. The Morgan fingerprint density at radius 1 is 1.47 bits per heavy atom. The maximum atomic E-state index is 11.6. The SMILES string of the molecule is C=CNc1ccccc1S(=O)(=O)OCC. The summed E-state index contributed by atoms with van der Waals surface area (Å²) in [6.45, 7) is 5.22. The fourth-order valence-electron chi connectivity index (χ4n) is 1.13. The van der Waals surface area contributed by atoms with Crippen LogP contribution in [0.3, 0.4) is 0 Å². The molecule has 0 aliphatic rings. The topological polar surface area (TPSA) is 55.4 Å². The van der Waals surface area contributed by atoms with Gasteiger partial charge in [0.25, 0.3) is 10.1 Å². The van der Waals surface area contributed by atoms with E-state index >= 15 is 0 Å². The molecule has 0 fully saturated rings. The first-order chi connectivity index (χ1) is 7.11. The molecular formula is C10H13NO3S. The summed E-state index contributed by atoms with van der Waals surface area (Å²) in [5.41, 5.74) is 0.459. The average Bonchev–Trinajstić information content (AvgIpc) is 2.19. The smallest absolute Gasteiger partial charge is 0.299 e. The molecule has 0 bridgehead atoms. The van der Waals surface area contributed by atoms with Gasteiger partial charge in [0.05, 0.1) is 12.3 Å². The number of anilines is 1. The molecule has 4 nitrogen and oxygen atoms in total. The highest BCUT2D eigenvalue weighted by Crippen LogP contribution is 2.22. The number of rotatable bonds is 5. The van der Waals surface area contributed by atoms with E-state index in [0.717, 1.165) is 0 Å². The molecule has 1 rings (SSSR count). The van der Waals surface area contributed by atoms with Gasteiger partial charge in [0.15, 0.2) is 0 Å². The van der Waals surface area contributed by atoms with Crippen molar-refractivity contribution in [3.05, 3.63) is 37.0 Å². The van der Waals surface area contributed by atoms with Crippen molar-refractivity contribution in [3.63, 3.8) is 0 Å². The van der Waals surface area contributed by atoms with Crippen LogP contribution in [0.2, 0.25) is 0 Å². The van der Waals surface area contributed by atoms with Crippen LogP contribution in [0.25, 0.3) is 0 Å². The Balaban J connectivity index is 3.18. The molecule has 0 amide bonds. The van der Waals surface area contributed by atoms with E-state index in [1.54, 1.807) is 25.1 Å². The lowest BCUT2D eigenvalue weighted by molar-refractivity contribution is 0.338. The van der Waals surface area contributed by atoms with Gasteiger partial charge >= 0.3 is 0 Å². The summed E-state index contributed by atoms with van der Waals surface area (Å²) < 4.78 is 28.0. The van der Waals surface area contributed by atoms with Crippen molar-refractivity contribution in [3.8, 4) is 0 Å². The molecule has 0 atom stereocenters. The zero-order chi connectivity index (χ0) is 11.3. The molecule has 0 aliphatic heterocycles. The molecule has 1 aromatic rings. The van der Waals surface area contributed by atoms with Crippen LogP contribution in [0.1, 0.15) is 6.92 Å². The van der Waals surface area contributed by atoms with E-state index in [2.05, 4.69) is 11.9 Å². The van der Waals surface area contributed by atoms with Crippen molar-refractivity contribution < 1.29 is 12.6 Å². The highest BCUT2D eigenvalue weighted by Gasteiger charge is 2.17. The molecule has 0 saturated heterocycles. The Hall–Kier alpha value is -1.33. The number of hydrogen-bond donors (Lipinski definition) is 1. The molecule has 0 radical (unpaired) electrons. The fraction of sp³-hybridized carbons (Fsp3) is 0.200. The Kier molecular flexibility index (Phi) is 3.88. The molecule has 0 spiro atoms. The predicted octanol–water partition coefficient (Wildman–Crippen LogP) is 1.97. The highest BCUT2D eigenvalue weighted by atomic mass is 32.2. The predicted molar refractivity (Wildman–Crippen MR) is 59.1 cm³/mol. The molecule has 15 heavy (non-hydrogen) atoms. The maximum Gasteiger partial charge on any atom is 0.299 e. The largest absolute Gasteiger partial charge is 0.361 e. The molecule has 0 unspecified atom stereocenters. The summed E-state index contributed by atoms with van der Waals surface area (Å²) >= 11 is 0. The third kappa shape index (κ3) is 2.81. The van der Waals surface area contributed by atoms with Crippen molar-refractivity contribution in [2.45, 2.75) is 11.8 Å². The van der Waals surface area contributed by atoms with Gasteiger partial charge in [0.1, 0.15) is 4.90 Å². The highest BCUT2D eigenvalue weighted by molar-refractivity contribution is 7.87. The average molecular weight is 227 g/mol. The molecule has 0 saturated carbocycles. The van der Waals surface area contributed by atoms with E-state index < -0.39 is 10.1 Å². The molecule has 0 aromatic heterocycles. The van der Waals surface area contributed by atoms with Crippen molar-refractivity contribution in [1.82, 2.24) is 0 Å². The monoisotopic (exact) mass is 227 g/mol. The quantitative estimate of drug-likeness (QED) is 0.781. The second-order valence-corrected chi connectivity index (χ2v) is 4.29. The summed E-state index contributed by atoms with van der Waals surface area (Å²) in [7, 11) is -3.67. The Bertz CT molecular complexity index is 440. The lowest BCUT2D eigenvalue weighted by Crippen LogP contribution is -2.08. The van der Waals surface area contributed by atoms with Gasteiger partial charge in [-0.15, -0.1) is 0 Å². The van der Waals surface area contributed by atoms with Gasteiger partial charge in [-0.3, -0.25) is 4.18 Å². The van der Waals surface area contributed by atoms with Gasteiger partial charge in [0, 0.05) is 0 Å². The minimum absolute atomic E-state index is 0.116. The number of hydrogen-bond acceptors (Lipinski definition) is 4. The van der Waals surface area contributed by atoms with Gasteiger partial charge in [0.2, 0.25) is 0 Å². The van der Waals surface area contributed by atoms with Crippen molar-refractivity contribution in [2.24, 2.45) is 0 Å². The summed E-state index contributed by atoms with van der Waals surface area (Å²) in [4.78, 5) is 0.117. The van der Waals surface area contributed by atoms with Crippen molar-refractivity contribution >= 4 is 15.8 Å². The standard InChI is InChI=1S/C10H13NO3S/c1-3-11-9-7-5-6-8-10(9)15(12,13)14-4-2/h3,5-8,11H,1,4H2,2H3. The van der Waals surface area contributed by atoms with Crippen LogP contribution in [-0.4, -0.2) is 15.0 Å². The summed E-state index contributed by atoms with van der Waals surface area (Å²) in [6.07, 6.45) is 1.42. The first-order valence-electron chi connectivity index (χ1n) is 4.47. The summed E-state index contributed by atoms with van der Waals surface area (Å²) in [6, 6.07) is 6.50. The van der Waals surface area contributed by atoms with Crippen LogP contribution in [0, 0.1) is 0 Å².